The Labute approximate surface area is 350 Å². The molecule has 0 bridgehead atoms. The van der Waals surface area contributed by atoms with E-state index in [1.807, 2.05) is 18.0 Å². The number of rotatable bonds is 11. The van der Waals surface area contributed by atoms with Crippen molar-refractivity contribution >= 4 is 52.0 Å². The Morgan fingerprint density at radius 3 is 2.47 bits per heavy atom. The number of imide groups is 1. The van der Waals surface area contributed by atoms with E-state index >= 15 is 0 Å². The molecule has 2 aromatic heterocycles. The number of nitrogens with two attached hydrogens (primary N) is 1. The van der Waals surface area contributed by atoms with Gasteiger partial charge in [0, 0.05) is 74.9 Å². The van der Waals surface area contributed by atoms with E-state index in [1.165, 1.54) is 16.7 Å². The number of primary amides is 1. The third-order valence-electron chi connectivity index (χ3n) is 13.9. The molecule has 6 heterocycles. The van der Waals surface area contributed by atoms with Gasteiger partial charge in [-0.2, -0.15) is 0 Å². The first-order valence-electron chi connectivity index (χ1n) is 21.9. The zero-order valence-electron chi connectivity index (χ0n) is 34.9. The Kier molecular flexibility index (Phi) is 10.9. The maximum absolute atomic E-state index is 12.7. The van der Waals surface area contributed by atoms with Crippen molar-refractivity contribution in [3.05, 3.63) is 70.7 Å². The van der Waals surface area contributed by atoms with Crippen molar-refractivity contribution in [2.45, 2.75) is 108 Å². The molecule has 4 unspecified atom stereocenters. The fourth-order valence-electron chi connectivity index (χ4n) is 10.7. The van der Waals surface area contributed by atoms with Gasteiger partial charge < -0.3 is 30.3 Å². The number of carbonyl (C=O) groups is 4. The van der Waals surface area contributed by atoms with Gasteiger partial charge in [0.2, 0.25) is 11.8 Å². The highest BCUT2D eigenvalue weighted by Gasteiger charge is 2.39. The van der Waals surface area contributed by atoms with Crippen LogP contribution in [0, 0.1) is 5.92 Å². The first kappa shape index (κ1) is 39.9. The Morgan fingerprint density at radius 2 is 1.77 bits per heavy atom. The summed E-state index contributed by atoms with van der Waals surface area (Å²) in [6.07, 6.45) is 10.4. The van der Waals surface area contributed by atoms with Crippen molar-refractivity contribution in [3.8, 4) is 0 Å². The number of carbonyl (C=O) groups excluding carboxylic acids is 4. The first-order valence-corrected chi connectivity index (χ1v) is 21.9. The van der Waals surface area contributed by atoms with Gasteiger partial charge in [0.05, 0.1) is 18.2 Å². The number of anilines is 3. The molecule has 15 heteroatoms. The van der Waals surface area contributed by atoms with Crippen LogP contribution in [0.5, 0.6) is 0 Å². The summed E-state index contributed by atoms with van der Waals surface area (Å²) < 4.78 is 5.95. The van der Waals surface area contributed by atoms with Crippen molar-refractivity contribution in [3.63, 3.8) is 0 Å². The van der Waals surface area contributed by atoms with Gasteiger partial charge in [0.25, 0.3) is 5.91 Å². The number of hydrogen-bond donors (Lipinski definition) is 3. The van der Waals surface area contributed by atoms with Crippen LogP contribution in [0.3, 0.4) is 0 Å². The Morgan fingerprint density at radius 1 is 0.983 bits per heavy atom. The van der Waals surface area contributed by atoms with Crippen molar-refractivity contribution in [1.82, 2.24) is 35.1 Å². The molecule has 5 atom stereocenters. The SMILES string of the molecule is CCC1CC(c2ccc(Nc3nc(N4CCC[C@@H](N5CCN(C)C5=O)C4)cnc3C(N)=O)cc2)CC(CC)N1CC1Cc2ccc3c(C4CCC(=O)NC4=O)noc3c2C1. The van der Waals surface area contributed by atoms with Crippen LogP contribution < -0.4 is 21.3 Å². The largest absolute Gasteiger partial charge is 0.364 e. The lowest BCUT2D eigenvalue weighted by atomic mass is 9.79. The molecule has 4 N–H and O–H groups in total. The Balaban J connectivity index is 0.855. The standard InChI is InChI=1S/C45H56N10O5/c1-4-31-21-29(22-32(5-2)55(31)24-26-19-28-10-13-34-39(51-60-41(34)36(28)20-26)35-14-15-38(56)50-44(35)58)27-8-11-30(12-9-27)48-43-40(42(46)57)47-23-37(49-43)53-16-6-7-33(25-53)54-18-17-52(3)45(54)59/h8-13,23,26,29,31-33,35H,4-7,14-22,24-25H2,1-3H3,(H2,46,57)(H,48,49)(H,50,56,58)/t26?,29?,31?,32?,33-,35?/m1/s1. The zero-order valence-corrected chi connectivity index (χ0v) is 34.9. The highest BCUT2D eigenvalue weighted by Crippen LogP contribution is 2.42. The lowest BCUT2D eigenvalue weighted by Crippen LogP contribution is -2.50. The second-order valence-corrected chi connectivity index (χ2v) is 17.6. The van der Waals surface area contributed by atoms with Crippen molar-refractivity contribution in [1.29, 1.82) is 0 Å². The lowest BCUT2D eigenvalue weighted by Gasteiger charge is -2.46. The van der Waals surface area contributed by atoms with Gasteiger partial charge in [-0.15, -0.1) is 0 Å². The average Bonchev–Trinajstić information content (AvgIpc) is 3.97. The number of fused-ring (bicyclic) bond motifs is 3. The maximum atomic E-state index is 12.7. The zero-order chi connectivity index (χ0) is 41.7. The topological polar surface area (TPSA) is 183 Å². The number of urea groups is 1. The Bertz CT molecular complexity index is 2280. The van der Waals surface area contributed by atoms with E-state index in [1.54, 1.807) is 11.1 Å². The predicted molar refractivity (Wildman–Crippen MR) is 227 cm³/mol. The van der Waals surface area contributed by atoms with E-state index in [4.69, 9.17) is 15.2 Å². The van der Waals surface area contributed by atoms with E-state index < -0.39 is 11.8 Å². The third kappa shape index (κ3) is 7.56. The van der Waals surface area contributed by atoms with Gasteiger partial charge in [-0.3, -0.25) is 24.6 Å². The summed E-state index contributed by atoms with van der Waals surface area (Å²) >= 11 is 0. The maximum Gasteiger partial charge on any atom is 0.320 e. The second-order valence-electron chi connectivity index (χ2n) is 17.6. The van der Waals surface area contributed by atoms with Crippen LogP contribution in [0.1, 0.15) is 110 Å². The lowest BCUT2D eigenvalue weighted by molar-refractivity contribution is -0.134. The summed E-state index contributed by atoms with van der Waals surface area (Å²) in [4.78, 5) is 67.6. The normalized spacial score (nSPS) is 26.2. The molecule has 316 valence electrons. The van der Waals surface area contributed by atoms with Crippen LogP contribution >= 0.6 is 0 Å². The molecule has 15 nitrogen and oxygen atoms in total. The summed E-state index contributed by atoms with van der Waals surface area (Å²) in [7, 11) is 1.84. The van der Waals surface area contributed by atoms with Crippen molar-refractivity contribution < 1.29 is 23.7 Å². The number of amides is 5. The number of nitrogens with one attached hydrogen (secondary N) is 2. The fourth-order valence-corrected chi connectivity index (χ4v) is 10.7. The van der Waals surface area contributed by atoms with Gasteiger partial charge in [-0.25, -0.2) is 14.8 Å². The minimum atomic E-state index is -0.648. The molecule has 9 rings (SSSR count). The molecule has 4 fully saturated rings. The van der Waals surface area contributed by atoms with Gasteiger partial charge in [-0.1, -0.05) is 37.2 Å². The number of hydrogen-bond acceptors (Lipinski definition) is 11. The number of piperidine rings is 3. The fraction of sp³-hybridized carbons (Fsp3) is 0.533. The molecule has 4 saturated heterocycles. The number of likely N-dealkylation sites (tertiary alicyclic amines) is 1. The van der Waals surface area contributed by atoms with Gasteiger partial charge in [-0.05, 0) is 98.9 Å². The molecule has 2 aromatic carbocycles. The molecular weight excluding hydrogens is 761 g/mol. The van der Waals surface area contributed by atoms with Crippen molar-refractivity contribution in [2.24, 2.45) is 11.7 Å². The molecule has 4 aromatic rings. The highest BCUT2D eigenvalue weighted by atomic mass is 16.5. The molecular formula is C45H56N10O5. The summed E-state index contributed by atoms with van der Waals surface area (Å²) in [5.74, 6) is 0.205. The van der Waals surface area contributed by atoms with Crippen LogP contribution in [0.4, 0.5) is 22.1 Å². The van der Waals surface area contributed by atoms with Crippen LogP contribution in [0.25, 0.3) is 11.0 Å². The second kappa shape index (κ2) is 16.5. The van der Waals surface area contributed by atoms with E-state index in [2.05, 4.69) is 74.8 Å². The van der Waals surface area contributed by atoms with Crippen LogP contribution in [-0.4, -0.2) is 111 Å². The minimum Gasteiger partial charge on any atom is -0.364 e. The van der Waals surface area contributed by atoms with Gasteiger partial charge in [0.15, 0.2) is 17.1 Å². The number of benzene rings is 2. The number of nitrogens with zero attached hydrogens (tertiary/aromatic N) is 7. The van der Waals surface area contributed by atoms with E-state index in [-0.39, 0.29) is 29.6 Å². The van der Waals surface area contributed by atoms with Crippen molar-refractivity contribution in [2.75, 3.05) is 50.0 Å². The van der Waals surface area contributed by atoms with Crippen LogP contribution in [0.15, 0.2) is 47.1 Å². The molecule has 5 amide bonds. The molecule has 0 spiro atoms. The number of likely N-dealkylation sites (N-methyl/N-ethyl adjacent to an activating group) is 1. The van der Waals surface area contributed by atoms with Gasteiger partial charge >= 0.3 is 6.03 Å². The summed E-state index contributed by atoms with van der Waals surface area (Å²) in [5.41, 5.74) is 11.9. The van der Waals surface area contributed by atoms with Crippen LogP contribution in [0.2, 0.25) is 0 Å². The Hall–Kier alpha value is -5.57. The summed E-state index contributed by atoms with van der Waals surface area (Å²) in [5, 5.41) is 11.1. The monoisotopic (exact) mass is 816 g/mol. The highest BCUT2D eigenvalue weighted by molar-refractivity contribution is 6.02. The van der Waals surface area contributed by atoms with E-state index in [9.17, 15) is 19.2 Å². The smallest absolute Gasteiger partial charge is 0.320 e. The summed E-state index contributed by atoms with van der Waals surface area (Å²) in [6.45, 7) is 8.53. The van der Waals surface area contributed by atoms with Gasteiger partial charge in [0.1, 0.15) is 11.5 Å². The third-order valence-corrected chi connectivity index (χ3v) is 13.9. The molecule has 60 heavy (non-hydrogen) atoms. The average molecular weight is 817 g/mol. The minimum absolute atomic E-state index is 0.0690. The predicted octanol–water partition coefficient (Wildman–Crippen LogP) is 5.47. The first-order chi connectivity index (χ1) is 29.1. The van der Waals surface area contributed by atoms with Crippen LogP contribution in [-0.2, 0) is 22.4 Å². The quantitative estimate of drug-likeness (QED) is 0.163. The molecule has 4 aliphatic heterocycles. The molecule has 0 radical (unpaired) electrons. The van der Waals surface area contributed by atoms with E-state index in [0.717, 1.165) is 94.2 Å². The van der Waals surface area contributed by atoms with E-state index in [0.29, 0.717) is 60.6 Å². The number of aromatic nitrogens is 3. The summed E-state index contributed by atoms with van der Waals surface area (Å²) in [6, 6.07) is 13.8. The molecule has 0 saturated carbocycles. The molecule has 1 aliphatic carbocycles. The molecule has 5 aliphatic rings.